The van der Waals surface area contributed by atoms with E-state index in [-0.39, 0.29) is 24.3 Å². The maximum Gasteiger partial charge on any atom is 0.227 e. The molecule has 3 rings (SSSR count). The summed E-state index contributed by atoms with van der Waals surface area (Å²) < 4.78 is 16.2. The van der Waals surface area contributed by atoms with Crippen LogP contribution in [0.5, 0.6) is 17.2 Å². The molecule has 0 spiro atoms. The minimum Gasteiger partial charge on any atom is -0.493 e. The summed E-state index contributed by atoms with van der Waals surface area (Å²) in [6, 6.07) is 13.5. The molecule has 1 atom stereocenters. The van der Waals surface area contributed by atoms with Crippen LogP contribution in [0.25, 0.3) is 10.6 Å². The van der Waals surface area contributed by atoms with Crippen molar-refractivity contribution in [1.82, 2.24) is 15.1 Å². The minimum absolute atomic E-state index is 0.0456. The molecular formula is C27H34N4O5S. The van der Waals surface area contributed by atoms with Crippen LogP contribution in [0.15, 0.2) is 42.5 Å². The number of benzene rings is 2. The Morgan fingerprint density at radius 1 is 1.00 bits per heavy atom. The molecule has 0 saturated carbocycles. The van der Waals surface area contributed by atoms with E-state index in [4.69, 9.17) is 14.2 Å². The van der Waals surface area contributed by atoms with Crippen molar-refractivity contribution in [2.24, 2.45) is 0 Å². The van der Waals surface area contributed by atoms with Crippen molar-refractivity contribution in [3.05, 3.63) is 48.0 Å². The van der Waals surface area contributed by atoms with Crippen molar-refractivity contribution in [1.29, 1.82) is 0 Å². The van der Waals surface area contributed by atoms with Crippen molar-refractivity contribution in [3.8, 4) is 27.8 Å². The summed E-state index contributed by atoms with van der Waals surface area (Å²) in [5, 5.41) is 12.1. The zero-order chi connectivity index (χ0) is 26.8. The zero-order valence-corrected chi connectivity index (χ0v) is 22.8. The van der Waals surface area contributed by atoms with Crippen LogP contribution in [0, 0.1) is 0 Å². The van der Waals surface area contributed by atoms with Crippen LogP contribution in [0.1, 0.15) is 38.7 Å². The first-order valence-electron chi connectivity index (χ1n) is 12.2. The molecule has 0 saturated heterocycles. The fourth-order valence-corrected chi connectivity index (χ4v) is 4.60. The molecule has 1 aromatic heterocycles. The van der Waals surface area contributed by atoms with Gasteiger partial charge in [0.1, 0.15) is 5.01 Å². The van der Waals surface area contributed by atoms with Gasteiger partial charge in [-0.1, -0.05) is 48.6 Å². The Kier molecular flexibility index (Phi) is 10.3. The van der Waals surface area contributed by atoms with E-state index < -0.39 is 0 Å². The smallest absolute Gasteiger partial charge is 0.227 e. The molecule has 2 amide bonds. The van der Waals surface area contributed by atoms with Crippen LogP contribution >= 0.6 is 11.3 Å². The third-order valence-corrected chi connectivity index (χ3v) is 6.96. The van der Waals surface area contributed by atoms with Gasteiger partial charge in [0, 0.05) is 31.0 Å². The first-order valence-corrected chi connectivity index (χ1v) is 13.0. The van der Waals surface area contributed by atoms with E-state index in [1.807, 2.05) is 44.2 Å². The molecular weight excluding hydrogens is 492 g/mol. The first-order chi connectivity index (χ1) is 17.9. The molecule has 0 bridgehead atoms. The highest BCUT2D eigenvalue weighted by molar-refractivity contribution is 7.18. The Morgan fingerprint density at radius 2 is 1.68 bits per heavy atom. The lowest BCUT2D eigenvalue weighted by Crippen LogP contribution is -2.40. The van der Waals surface area contributed by atoms with Crippen molar-refractivity contribution in [2.75, 3.05) is 33.2 Å². The van der Waals surface area contributed by atoms with Gasteiger partial charge in [-0.25, -0.2) is 0 Å². The molecule has 37 heavy (non-hydrogen) atoms. The van der Waals surface area contributed by atoms with Gasteiger partial charge in [-0.05, 0) is 37.5 Å². The standard InChI is InChI=1S/C27H34N4O5S/c1-6-18(2)31(24(33)13-12-19-10-8-7-9-11-19)15-14-23(32)28-27-30-29-26(37-27)20-16-21(34-3)25(36-5)22(17-20)35-4/h7-11,16-18H,6,12-15H2,1-5H3,(H,28,30,32). The molecule has 0 radical (unpaired) electrons. The number of nitrogens with zero attached hydrogens (tertiary/aromatic N) is 3. The van der Waals surface area contributed by atoms with E-state index >= 15 is 0 Å². The highest BCUT2D eigenvalue weighted by Crippen LogP contribution is 2.42. The Morgan fingerprint density at radius 3 is 2.27 bits per heavy atom. The minimum atomic E-state index is -0.225. The van der Waals surface area contributed by atoms with Gasteiger partial charge in [-0.3, -0.25) is 9.59 Å². The quantitative estimate of drug-likeness (QED) is 0.341. The summed E-state index contributed by atoms with van der Waals surface area (Å²) in [5.41, 5.74) is 1.84. The molecule has 0 aliphatic heterocycles. The van der Waals surface area contributed by atoms with Crippen molar-refractivity contribution in [2.45, 2.75) is 45.6 Å². The Labute approximate surface area is 221 Å². The number of aromatic nitrogens is 2. The van der Waals surface area contributed by atoms with Crippen LogP contribution < -0.4 is 19.5 Å². The van der Waals surface area contributed by atoms with E-state index in [9.17, 15) is 9.59 Å². The number of carbonyl (C=O) groups excluding carboxylic acids is 2. The highest BCUT2D eigenvalue weighted by atomic mass is 32.1. The number of hydrogen-bond acceptors (Lipinski definition) is 8. The van der Waals surface area contributed by atoms with Crippen LogP contribution in [0.4, 0.5) is 5.13 Å². The van der Waals surface area contributed by atoms with Crippen molar-refractivity contribution >= 4 is 28.3 Å². The number of rotatable bonds is 13. The van der Waals surface area contributed by atoms with Gasteiger partial charge in [-0.15, -0.1) is 10.2 Å². The Hall–Kier alpha value is -3.66. The predicted octanol–water partition coefficient (Wildman–Crippen LogP) is 4.82. The molecule has 1 N–H and O–H groups in total. The van der Waals surface area contributed by atoms with Gasteiger partial charge < -0.3 is 24.4 Å². The number of methoxy groups -OCH3 is 3. The SMILES string of the molecule is CCC(C)N(CCC(=O)Nc1nnc(-c2cc(OC)c(OC)c(OC)c2)s1)C(=O)CCc1ccccc1. The van der Waals surface area contributed by atoms with Crippen LogP contribution in [-0.4, -0.2) is 60.8 Å². The topological polar surface area (TPSA) is 103 Å². The van der Waals surface area contributed by atoms with Crippen molar-refractivity contribution < 1.29 is 23.8 Å². The Balaban J connectivity index is 1.61. The summed E-state index contributed by atoms with van der Waals surface area (Å²) in [6.07, 6.45) is 2.06. The summed E-state index contributed by atoms with van der Waals surface area (Å²) >= 11 is 1.24. The molecule has 3 aromatic rings. The predicted molar refractivity (Wildman–Crippen MR) is 144 cm³/mol. The third-order valence-electron chi connectivity index (χ3n) is 6.08. The summed E-state index contributed by atoms with van der Waals surface area (Å²) in [4.78, 5) is 27.4. The second-order valence-corrected chi connectivity index (χ2v) is 9.43. The molecule has 1 unspecified atom stereocenters. The Bertz CT molecular complexity index is 1160. The molecule has 10 heteroatoms. The average molecular weight is 527 g/mol. The lowest BCUT2D eigenvalue weighted by molar-refractivity contribution is -0.133. The van der Waals surface area contributed by atoms with E-state index in [0.29, 0.717) is 46.8 Å². The van der Waals surface area contributed by atoms with E-state index in [0.717, 1.165) is 17.5 Å². The number of carbonyl (C=O) groups is 2. The van der Waals surface area contributed by atoms with E-state index in [1.54, 1.807) is 31.3 Å². The summed E-state index contributed by atoms with van der Waals surface area (Å²) in [5.74, 6) is 1.30. The molecule has 0 aliphatic rings. The fourth-order valence-electron chi connectivity index (χ4n) is 3.85. The van der Waals surface area contributed by atoms with E-state index in [2.05, 4.69) is 15.5 Å². The van der Waals surface area contributed by atoms with Crippen LogP contribution in [-0.2, 0) is 16.0 Å². The maximum atomic E-state index is 12.9. The number of aryl methyl sites for hydroxylation is 1. The normalized spacial score (nSPS) is 11.5. The van der Waals surface area contributed by atoms with Crippen LogP contribution in [0.2, 0.25) is 0 Å². The number of amides is 2. The first kappa shape index (κ1) is 27.9. The van der Waals surface area contributed by atoms with Crippen molar-refractivity contribution in [3.63, 3.8) is 0 Å². The van der Waals surface area contributed by atoms with Gasteiger partial charge in [0.15, 0.2) is 11.5 Å². The summed E-state index contributed by atoms with van der Waals surface area (Å²) in [6.45, 7) is 4.38. The molecule has 2 aromatic carbocycles. The van der Waals surface area contributed by atoms with Gasteiger partial charge in [0.05, 0.1) is 21.3 Å². The molecule has 1 heterocycles. The molecule has 0 fully saturated rings. The van der Waals surface area contributed by atoms with Gasteiger partial charge in [0.2, 0.25) is 22.7 Å². The van der Waals surface area contributed by atoms with Crippen LogP contribution in [0.3, 0.4) is 0 Å². The zero-order valence-electron chi connectivity index (χ0n) is 21.9. The van der Waals surface area contributed by atoms with Gasteiger partial charge >= 0.3 is 0 Å². The number of anilines is 1. The fraction of sp³-hybridized carbons (Fsp3) is 0.407. The molecule has 198 valence electrons. The monoisotopic (exact) mass is 526 g/mol. The number of ether oxygens (including phenoxy) is 3. The lowest BCUT2D eigenvalue weighted by Gasteiger charge is -2.28. The largest absolute Gasteiger partial charge is 0.493 e. The number of hydrogen-bond donors (Lipinski definition) is 1. The average Bonchev–Trinajstić information content (AvgIpc) is 3.39. The lowest BCUT2D eigenvalue weighted by atomic mass is 10.1. The third kappa shape index (κ3) is 7.42. The van der Waals surface area contributed by atoms with E-state index in [1.165, 1.54) is 18.4 Å². The van der Waals surface area contributed by atoms with Gasteiger partial charge in [0.25, 0.3) is 0 Å². The highest BCUT2D eigenvalue weighted by Gasteiger charge is 2.21. The summed E-state index contributed by atoms with van der Waals surface area (Å²) in [7, 11) is 4.63. The van der Waals surface area contributed by atoms with Gasteiger partial charge in [-0.2, -0.15) is 0 Å². The molecule has 9 nitrogen and oxygen atoms in total. The number of nitrogens with one attached hydrogen (secondary N) is 1. The maximum absolute atomic E-state index is 12.9. The second kappa shape index (κ2) is 13.6. The molecule has 0 aliphatic carbocycles. The second-order valence-electron chi connectivity index (χ2n) is 8.45.